The minimum atomic E-state index is -0.156. The molecule has 2 aromatic rings. The van der Waals surface area contributed by atoms with E-state index in [1.807, 2.05) is 6.92 Å². The second-order valence-electron chi connectivity index (χ2n) is 7.09. The number of thiophene rings is 1. The molecule has 2 aromatic heterocycles. The Morgan fingerprint density at radius 1 is 1.29 bits per heavy atom. The average molecular weight is 363 g/mol. The van der Waals surface area contributed by atoms with Crippen molar-refractivity contribution in [1.82, 2.24) is 19.7 Å². The fourth-order valence-corrected chi connectivity index (χ4v) is 6.29. The highest BCUT2D eigenvalue weighted by Crippen LogP contribution is 2.43. The smallest absolute Gasteiger partial charge is 0.264 e. The third-order valence-electron chi connectivity index (χ3n) is 4.78. The zero-order chi connectivity index (χ0) is 16.8. The third-order valence-corrected chi connectivity index (χ3v) is 6.91. The number of carbonyl (C=O) groups is 1. The van der Waals surface area contributed by atoms with E-state index in [0.29, 0.717) is 17.7 Å². The third kappa shape index (κ3) is 2.82. The van der Waals surface area contributed by atoms with Gasteiger partial charge >= 0.3 is 0 Å². The Labute approximate surface area is 150 Å². The molecule has 5 nitrogen and oxygen atoms in total. The van der Waals surface area contributed by atoms with Crippen LogP contribution in [0.4, 0.5) is 0 Å². The second kappa shape index (κ2) is 6.28. The van der Waals surface area contributed by atoms with Crippen LogP contribution >= 0.6 is 23.1 Å². The van der Waals surface area contributed by atoms with E-state index < -0.39 is 0 Å². The van der Waals surface area contributed by atoms with Gasteiger partial charge in [-0.3, -0.25) is 9.69 Å². The zero-order valence-corrected chi connectivity index (χ0v) is 15.8. The van der Waals surface area contributed by atoms with Gasteiger partial charge in [-0.15, -0.1) is 16.4 Å². The van der Waals surface area contributed by atoms with Crippen molar-refractivity contribution in [3.63, 3.8) is 0 Å². The minimum Gasteiger partial charge on any atom is -0.293 e. The minimum absolute atomic E-state index is 0.0693. The molecule has 7 heteroatoms. The summed E-state index contributed by atoms with van der Waals surface area (Å²) < 4.78 is 1.50. The molecular formula is C17H22N4OS2. The summed E-state index contributed by atoms with van der Waals surface area (Å²) in [5.41, 5.74) is 0. The number of aryl methyl sites for hydroxylation is 1. The quantitative estimate of drug-likeness (QED) is 0.837. The van der Waals surface area contributed by atoms with Crippen LogP contribution in [0, 0.1) is 18.8 Å². The van der Waals surface area contributed by atoms with Crippen LogP contribution in [0.2, 0.25) is 0 Å². The van der Waals surface area contributed by atoms with Crippen molar-refractivity contribution < 1.29 is 4.79 Å². The van der Waals surface area contributed by atoms with Crippen molar-refractivity contribution in [3.8, 4) is 0 Å². The van der Waals surface area contributed by atoms with Gasteiger partial charge in [0.1, 0.15) is 11.1 Å². The topological polar surface area (TPSA) is 51.0 Å². The molecule has 0 spiro atoms. The highest BCUT2D eigenvalue weighted by atomic mass is 32.2. The maximum Gasteiger partial charge on any atom is 0.264 e. The number of aromatic nitrogens is 3. The van der Waals surface area contributed by atoms with E-state index in [4.69, 9.17) is 0 Å². The molecule has 128 valence electrons. The molecule has 0 saturated carbocycles. The molecule has 1 fully saturated rings. The van der Waals surface area contributed by atoms with Gasteiger partial charge in [0.05, 0.1) is 6.04 Å². The van der Waals surface area contributed by atoms with Crippen LogP contribution in [0.3, 0.4) is 0 Å². The highest BCUT2D eigenvalue weighted by molar-refractivity contribution is 8.01. The Bertz CT molecular complexity index is 732. The number of thioether (sulfide) groups is 1. The molecule has 24 heavy (non-hydrogen) atoms. The summed E-state index contributed by atoms with van der Waals surface area (Å²) in [6, 6.07) is 4.35. The fraction of sp³-hybridized carbons (Fsp3) is 0.588. The summed E-state index contributed by atoms with van der Waals surface area (Å²) >= 11 is 3.32. The van der Waals surface area contributed by atoms with Gasteiger partial charge in [-0.25, -0.2) is 4.98 Å². The second-order valence-corrected chi connectivity index (χ2v) is 9.18. The first-order valence-corrected chi connectivity index (χ1v) is 10.2. The highest BCUT2D eigenvalue weighted by Gasteiger charge is 2.44. The first-order chi connectivity index (χ1) is 11.5. The number of nitrogens with zero attached hydrogens (tertiary/aromatic N) is 4. The Hall–Kier alpha value is -1.18. The number of fused-ring (bicyclic) bond motifs is 1. The lowest BCUT2D eigenvalue weighted by Crippen LogP contribution is -2.45. The standard InChI is InChI=1S/C17H22N4OS2/c1-10-7-11(2)9-20(8-10)14(13-5-4-6-23-13)15-16(22)21-17(24-15)18-12(3)19-21/h4-6,10-11,14-15H,7-9H2,1-3H3. The van der Waals surface area contributed by atoms with E-state index in [1.54, 1.807) is 23.1 Å². The summed E-state index contributed by atoms with van der Waals surface area (Å²) in [4.78, 5) is 21.2. The van der Waals surface area contributed by atoms with E-state index in [-0.39, 0.29) is 17.2 Å². The van der Waals surface area contributed by atoms with Crippen LogP contribution in [0.25, 0.3) is 0 Å². The molecule has 0 aliphatic carbocycles. The van der Waals surface area contributed by atoms with E-state index in [1.165, 1.54) is 16.0 Å². The largest absolute Gasteiger partial charge is 0.293 e. The van der Waals surface area contributed by atoms with Crippen molar-refractivity contribution in [2.45, 2.75) is 43.6 Å². The Morgan fingerprint density at radius 3 is 2.67 bits per heavy atom. The maximum absolute atomic E-state index is 13.0. The molecule has 0 N–H and O–H groups in total. The van der Waals surface area contributed by atoms with Crippen LogP contribution < -0.4 is 0 Å². The SMILES string of the molecule is Cc1nc2n(n1)C(=O)C(C(c1cccs1)N1CC(C)CC(C)C1)S2. The van der Waals surface area contributed by atoms with Crippen LogP contribution in [0.5, 0.6) is 0 Å². The molecule has 0 amide bonds. The molecular weight excluding hydrogens is 340 g/mol. The summed E-state index contributed by atoms with van der Waals surface area (Å²) in [5.74, 6) is 2.06. The van der Waals surface area contributed by atoms with Gasteiger partial charge in [0.15, 0.2) is 5.16 Å². The van der Waals surface area contributed by atoms with Gasteiger partial charge in [-0.1, -0.05) is 31.7 Å². The first-order valence-electron chi connectivity index (χ1n) is 8.45. The Morgan fingerprint density at radius 2 is 2.04 bits per heavy atom. The Balaban J connectivity index is 1.67. The molecule has 0 bridgehead atoms. The molecule has 2 aliphatic rings. The molecule has 0 radical (unpaired) electrons. The number of hydrogen-bond donors (Lipinski definition) is 0. The maximum atomic E-state index is 13.0. The van der Waals surface area contributed by atoms with Gasteiger partial charge < -0.3 is 0 Å². The van der Waals surface area contributed by atoms with Crippen molar-refractivity contribution in [2.24, 2.45) is 11.8 Å². The zero-order valence-electron chi connectivity index (χ0n) is 14.2. The van der Waals surface area contributed by atoms with E-state index >= 15 is 0 Å². The number of carbonyl (C=O) groups excluding carboxylic acids is 1. The van der Waals surface area contributed by atoms with Crippen LogP contribution in [-0.2, 0) is 0 Å². The number of hydrogen-bond acceptors (Lipinski definition) is 6. The summed E-state index contributed by atoms with van der Waals surface area (Å²) in [7, 11) is 0. The number of piperidine rings is 1. The molecule has 4 heterocycles. The summed E-state index contributed by atoms with van der Waals surface area (Å²) in [6.45, 7) is 8.55. The first kappa shape index (κ1) is 16.3. The number of rotatable bonds is 3. The lowest BCUT2D eigenvalue weighted by molar-refractivity contribution is 0.0720. The predicted molar refractivity (Wildman–Crippen MR) is 96.6 cm³/mol. The van der Waals surface area contributed by atoms with Crippen LogP contribution in [0.15, 0.2) is 22.7 Å². The van der Waals surface area contributed by atoms with Crippen molar-refractivity contribution >= 4 is 29.0 Å². The molecule has 1 saturated heterocycles. The van der Waals surface area contributed by atoms with Gasteiger partial charge in [0.2, 0.25) is 0 Å². The summed E-state index contributed by atoms with van der Waals surface area (Å²) in [5, 5.41) is 6.96. The van der Waals surface area contributed by atoms with Crippen molar-refractivity contribution in [3.05, 3.63) is 28.2 Å². The molecule has 0 aromatic carbocycles. The van der Waals surface area contributed by atoms with Crippen LogP contribution in [0.1, 0.15) is 41.8 Å². The molecule has 2 aliphatic heterocycles. The fourth-order valence-electron chi connectivity index (χ4n) is 4.02. The van der Waals surface area contributed by atoms with Crippen molar-refractivity contribution in [1.29, 1.82) is 0 Å². The summed E-state index contributed by atoms with van der Waals surface area (Å²) in [6.07, 6.45) is 1.27. The van der Waals surface area contributed by atoms with Crippen molar-refractivity contribution in [2.75, 3.05) is 13.1 Å². The molecule has 4 atom stereocenters. The van der Waals surface area contributed by atoms with E-state index in [2.05, 4.69) is 46.3 Å². The van der Waals surface area contributed by atoms with Gasteiger partial charge in [0.25, 0.3) is 5.91 Å². The lowest BCUT2D eigenvalue weighted by Gasteiger charge is -2.41. The average Bonchev–Trinajstić information content (AvgIpc) is 3.20. The van der Waals surface area contributed by atoms with E-state index in [9.17, 15) is 4.79 Å². The molecule has 4 unspecified atom stereocenters. The molecule has 4 rings (SSSR count). The van der Waals surface area contributed by atoms with Gasteiger partial charge in [-0.2, -0.15) is 4.68 Å². The van der Waals surface area contributed by atoms with Gasteiger partial charge in [-0.05, 0) is 36.6 Å². The predicted octanol–water partition coefficient (Wildman–Crippen LogP) is 3.48. The normalized spacial score (nSPS) is 29.0. The van der Waals surface area contributed by atoms with Gasteiger partial charge in [0, 0.05) is 18.0 Å². The van der Waals surface area contributed by atoms with Crippen LogP contribution in [-0.4, -0.2) is 43.9 Å². The Kier molecular flexibility index (Phi) is 4.26. The lowest BCUT2D eigenvalue weighted by atomic mass is 9.90. The monoisotopic (exact) mass is 362 g/mol. The van der Waals surface area contributed by atoms with E-state index in [0.717, 1.165) is 18.2 Å². The number of likely N-dealkylation sites (tertiary alicyclic amines) is 1.